The van der Waals surface area contributed by atoms with Crippen molar-refractivity contribution in [3.63, 3.8) is 0 Å². The average molecular weight is 243 g/mol. The molecule has 5 nitrogen and oxygen atoms in total. The molecule has 0 aromatic rings. The molecule has 1 unspecified atom stereocenters. The Morgan fingerprint density at radius 2 is 1.94 bits per heavy atom. The van der Waals surface area contributed by atoms with Gasteiger partial charge in [0.05, 0.1) is 6.04 Å². The van der Waals surface area contributed by atoms with Crippen LogP contribution in [0.4, 0.5) is 0 Å². The van der Waals surface area contributed by atoms with Crippen molar-refractivity contribution < 1.29 is 9.59 Å². The number of carbonyl (C=O) groups is 2. The molecule has 0 aliphatic heterocycles. The Bertz CT molecular complexity index is 244. The molecule has 2 amide bonds. The van der Waals surface area contributed by atoms with Gasteiger partial charge in [0.2, 0.25) is 11.8 Å². The molecule has 2 atom stereocenters. The van der Waals surface area contributed by atoms with Crippen LogP contribution in [-0.4, -0.2) is 30.4 Å². The molecule has 0 saturated heterocycles. The van der Waals surface area contributed by atoms with Crippen LogP contribution in [-0.2, 0) is 9.59 Å². The Morgan fingerprint density at radius 1 is 1.29 bits per heavy atom. The van der Waals surface area contributed by atoms with Gasteiger partial charge in [-0.25, -0.2) is 0 Å². The van der Waals surface area contributed by atoms with Gasteiger partial charge in [0.1, 0.15) is 0 Å². The minimum absolute atomic E-state index is 0.0382. The summed E-state index contributed by atoms with van der Waals surface area (Å²) in [6, 6.07) is -0.279. The van der Waals surface area contributed by atoms with E-state index in [1.54, 1.807) is 0 Å². The van der Waals surface area contributed by atoms with Gasteiger partial charge in [0.25, 0.3) is 0 Å². The predicted octanol–water partition coefficient (Wildman–Crippen LogP) is 0.535. The monoisotopic (exact) mass is 243 g/mol. The Hall–Kier alpha value is -1.10. The van der Waals surface area contributed by atoms with Crippen molar-refractivity contribution in [2.45, 2.75) is 58.5 Å². The Kier molecular flexibility index (Phi) is 8.40. The lowest BCUT2D eigenvalue weighted by Gasteiger charge is -2.13. The number of amides is 2. The summed E-state index contributed by atoms with van der Waals surface area (Å²) >= 11 is 0. The molecule has 4 N–H and O–H groups in total. The molecule has 0 spiro atoms. The molecule has 0 rings (SSSR count). The van der Waals surface area contributed by atoms with Crippen LogP contribution in [0.3, 0.4) is 0 Å². The number of hydrogen-bond acceptors (Lipinski definition) is 3. The van der Waals surface area contributed by atoms with E-state index in [4.69, 9.17) is 5.73 Å². The van der Waals surface area contributed by atoms with E-state index >= 15 is 0 Å². The smallest absolute Gasteiger partial charge is 0.236 e. The molecule has 17 heavy (non-hydrogen) atoms. The zero-order chi connectivity index (χ0) is 13.3. The molecule has 0 aliphatic carbocycles. The van der Waals surface area contributed by atoms with Crippen molar-refractivity contribution in [2.24, 2.45) is 5.73 Å². The van der Waals surface area contributed by atoms with E-state index in [0.29, 0.717) is 19.4 Å². The lowest BCUT2D eigenvalue weighted by molar-refractivity contribution is -0.123. The summed E-state index contributed by atoms with van der Waals surface area (Å²) in [5.41, 5.74) is 5.63. The van der Waals surface area contributed by atoms with E-state index in [0.717, 1.165) is 12.8 Å². The van der Waals surface area contributed by atoms with Gasteiger partial charge in [-0.3, -0.25) is 9.59 Å². The third-order valence-corrected chi connectivity index (χ3v) is 2.61. The molecule has 0 aromatic carbocycles. The standard InChI is InChI=1S/C12H25N3O2/c1-4-6-10(13)12(17)14-8-7-11(16)15-9(3)5-2/h9-10H,4-8,13H2,1-3H3,(H,14,17)(H,15,16)/t9?,10-/m0/s1. The van der Waals surface area contributed by atoms with E-state index in [-0.39, 0.29) is 17.9 Å². The molecule has 5 heteroatoms. The quantitative estimate of drug-likeness (QED) is 0.581. The van der Waals surface area contributed by atoms with Crippen LogP contribution in [0.25, 0.3) is 0 Å². The summed E-state index contributed by atoms with van der Waals surface area (Å²) in [4.78, 5) is 22.8. The van der Waals surface area contributed by atoms with Gasteiger partial charge in [-0.2, -0.15) is 0 Å². The second kappa shape index (κ2) is 8.98. The first-order valence-electron chi connectivity index (χ1n) is 6.33. The fourth-order valence-corrected chi connectivity index (χ4v) is 1.32. The van der Waals surface area contributed by atoms with E-state index in [1.165, 1.54) is 0 Å². The third-order valence-electron chi connectivity index (χ3n) is 2.61. The zero-order valence-electron chi connectivity index (χ0n) is 11.1. The lowest BCUT2D eigenvalue weighted by atomic mass is 10.1. The van der Waals surface area contributed by atoms with E-state index < -0.39 is 6.04 Å². The van der Waals surface area contributed by atoms with Crippen molar-refractivity contribution in [3.05, 3.63) is 0 Å². The highest BCUT2D eigenvalue weighted by atomic mass is 16.2. The third kappa shape index (κ3) is 7.74. The van der Waals surface area contributed by atoms with Crippen molar-refractivity contribution >= 4 is 11.8 Å². The van der Waals surface area contributed by atoms with Crippen LogP contribution < -0.4 is 16.4 Å². The minimum atomic E-state index is -0.461. The summed E-state index contributed by atoms with van der Waals surface area (Å²) in [5, 5.41) is 5.50. The Morgan fingerprint density at radius 3 is 2.47 bits per heavy atom. The van der Waals surface area contributed by atoms with Crippen LogP contribution in [0.2, 0.25) is 0 Å². The maximum atomic E-state index is 11.4. The Labute approximate surface area is 104 Å². The zero-order valence-corrected chi connectivity index (χ0v) is 11.1. The fourth-order valence-electron chi connectivity index (χ4n) is 1.32. The summed E-state index contributed by atoms with van der Waals surface area (Å²) in [5.74, 6) is -0.216. The van der Waals surface area contributed by atoms with Crippen LogP contribution in [0, 0.1) is 0 Å². The molecule has 100 valence electrons. The van der Waals surface area contributed by atoms with Gasteiger partial charge in [-0.05, 0) is 19.8 Å². The first kappa shape index (κ1) is 15.9. The molecule has 0 saturated carbocycles. The highest BCUT2D eigenvalue weighted by molar-refractivity contribution is 5.82. The van der Waals surface area contributed by atoms with Gasteiger partial charge in [-0.1, -0.05) is 20.3 Å². The van der Waals surface area contributed by atoms with E-state index in [1.807, 2.05) is 20.8 Å². The maximum Gasteiger partial charge on any atom is 0.236 e. The van der Waals surface area contributed by atoms with E-state index in [9.17, 15) is 9.59 Å². The van der Waals surface area contributed by atoms with Gasteiger partial charge >= 0.3 is 0 Å². The number of carbonyl (C=O) groups excluding carboxylic acids is 2. The highest BCUT2D eigenvalue weighted by Gasteiger charge is 2.12. The van der Waals surface area contributed by atoms with Gasteiger partial charge in [0, 0.05) is 19.0 Å². The molecule has 0 radical (unpaired) electrons. The summed E-state index contributed by atoms with van der Waals surface area (Å²) < 4.78 is 0. The molecule has 0 aromatic heterocycles. The number of nitrogens with one attached hydrogen (secondary N) is 2. The first-order valence-corrected chi connectivity index (χ1v) is 6.33. The summed E-state index contributed by atoms with van der Waals surface area (Å²) in [7, 11) is 0. The largest absolute Gasteiger partial charge is 0.354 e. The van der Waals surface area contributed by atoms with Gasteiger partial charge in [0.15, 0.2) is 0 Å². The van der Waals surface area contributed by atoms with Crippen LogP contribution in [0.1, 0.15) is 46.5 Å². The second-order valence-corrected chi connectivity index (χ2v) is 4.31. The van der Waals surface area contributed by atoms with Crippen molar-refractivity contribution in [3.8, 4) is 0 Å². The molecular formula is C12H25N3O2. The average Bonchev–Trinajstić information content (AvgIpc) is 2.28. The van der Waals surface area contributed by atoms with Crippen LogP contribution in [0.15, 0.2) is 0 Å². The van der Waals surface area contributed by atoms with Crippen LogP contribution in [0.5, 0.6) is 0 Å². The molecule has 0 bridgehead atoms. The highest BCUT2D eigenvalue weighted by Crippen LogP contribution is 1.93. The maximum absolute atomic E-state index is 11.4. The first-order chi connectivity index (χ1) is 8.01. The number of hydrogen-bond donors (Lipinski definition) is 3. The molecule has 0 aliphatic rings. The molecular weight excluding hydrogens is 218 g/mol. The molecule has 0 fully saturated rings. The summed E-state index contributed by atoms with van der Waals surface area (Å²) in [6.45, 7) is 6.29. The van der Waals surface area contributed by atoms with Crippen molar-refractivity contribution in [2.75, 3.05) is 6.54 Å². The van der Waals surface area contributed by atoms with Crippen molar-refractivity contribution in [1.82, 2.24) is 10.6 Å². The number of rotatable bonds is 8. The normalized spacial score (nSPS) is 13.9. The topological polar surface area (TPSA) is 84.2 Å². The van der Waals surface area contributed by atoms with Gasteiger partial charge < -0.3 is 16.4 Å². The lowest BCUT2D eigenvalue weighted by Crippen LogP contribution is -2.42. The number of nitrogens with two attached hydrogens (primary N) is 1. The Balaban J connectivity index is 3.69. The predicted molar refractivity (Wildman–Crippen MR) is 68.4 cm³/mol. The van der Waals surface area contributed by atoms with Gasteiger partial charge in [-0.15, -0.1) is 0 Å². The molecule has 0 heterocycles. The fraction of sp³-hybridized carbons (Fsp3) is 0.833. The van der Waals surface area contributed by atoms with Crippen molar-refractivity contribution in [1.29, 1.82) is 0 Å². The second-order valence-electron chi connectivity index (χ2n) is 4.31. The summed E-state index contributed by atoms with van der Waals surface area (Å²) in [6.07, 6.45) is 2.75. The SMILES string of the molecule is CCC[C@H](N)C(=O)NCCC(=O)NC(C)CC. The van der Waals surface area contributed by atoms with E-state index in [2.05, 4.69) is 10.6 Å². The van der Waals surface area contributed by atoms with Crippen LogP contribution >= 0.6 is 0 Å². The minimum Gasteiger partial charge on any atom is -0.354 e.